The van der Waals surface area contributed by atoms with Crippen LogP contribution in [0.15, 0.2) is 24.4 Å². The highest BCUT2D eigenvalue weighted by Crippen LogP contribution is 2.23. The molecule has 0 saturated carbocycles. The van der Waals surface area contributed by atoms with Gasteiger partial charge < -0.3 is 15.4 Å². The predicted molar refractivity (Wildman–Crippen MR) is 85.2 cm³/mol. The smallest absolute Gasteiger partial charge is 0.250 e. The molecule has 1 saturated heterocycles. The molecule has 7 heteroatoms. The number of anilines is 1. The third kappa shape index (κ3) is 3.45. The lowest BCUT2D eigenvalue weighted by atomic mass is 10.1. The molecule has 0 aliphatic carbocycles. The van der Waals surface area contributed by atoms with Crippen molar-refractivity contribution < 1.29 is 9.53 Å². The summed E-state index contributed by atoms with van der Waals surface area (Å²) >= 11 is 0. The van der Waals surface area contributed by atoms with E-state index in [-0.39, 0.29) is 6.10 Å². The number of aryl methyl sites for hydroxylation is 2. The second kappa shape index (κ2) is 6.29. The first kappa shape index (κ1) is 15.4. The summed E-state index contributed by atoms with van der Waals surface area (Å²) in [6.45, 7) is 5.84. The van der Waals surface area contributed by atoms with Crippen LogP contribution in [-0.4, -0.2) is 40.6 Å². The minimum Gasteiger partial charge on any atom is -0.368 e. The van der Waals surface area contributed by atoms with Gasteiger partial charge in [0.1, 0.15) is 6.10 Å². The van der Waals surface area contributed by atoms with Crippen molar-refractivity contribution in [3.05, 3.63) is 47.0 Å². The van der Waals surface area contributed by atoms with Crippen LogP contribution in [0.5, 0.6) is 0 Å². The van der Waals surface area contributed by atoms with Gasteiger partial charge in [-0.05, 0) is 32.0 Å². The Morgan fingerprint density at radius 1 is 1.30 bits per heavy atom. The molecule has 1 aliphatic heterocycles. The summed E-state index contributed by atoms with van der Waals surface area (Å²) in [7, 11) is 0. The number of nitrogens with zero attached hydrogens (tertiary/aromatic N) is 4. The number of morpholine rings is 1. The number of carbonyl (C=O) groups excluding carboxylic acids is 1. The second-order valence-electron chi connectivity index (χ2n) is 5.59. The molecule has 3 heterocycles. The Bertz CT molecular complexity index is 697. The summed E-state index contributed by atoms with van der Waals surface area (Å²) in [5.41, 5.74) is 8.28. The molecule has 120 valence electrons. The molecule has 1 amide bonds. The van der Waals surface area contributed by atoms with Crippen molar-refractivity contribution in [2.24, 2.45) is 5.73 Å². The van der Waals surface area contributed by atoms with Gasteiger partial charge in [-0.15, -0.1) is 0 Å². The lowest BCUT2D eigenvalue weighted by molar-refractivity contribution is 0.0364. The van der Waals surface area contributed by atoms with Gasteiger partial charge in [0.25, 0.3) is 0 Å². The van der Waals surface area contributed by atoms with E-state index < -0.39 is 5.91 Å². The van der Waals surface area contributed by atoms with Crippen LogP contribution in [-0.2, 0) is 4.74 Å². The highest BCUT2D eigenvalue weighted by atomic mass is 16.5. The zero-order valence-electron chi connectivity index (χ0n) is 13.2. The van der Waals surface area contributed by atoms with Gasteiger partial charge >= 0.3 is 0 Å². The van der Waals surface area contributed by atoms with Crippen LogP contribution in [0.3, 0.4) is 0 Å². The zero-order valence-corrected chi connectivity index (χ0v) is 13.2. The molecule has 1 aliphatic rings. The highest BCUT2D eigenvalue weighted by Gasteiger charge is 2.25. The molecule has 2 aromatic rings. The number of aromatic nitrogens is 3. The summed E-state index contributed by atoms with van der Waals surface area (Å²) in [5.74, 6) is 0.225. The van der Waals surface area contributed by atoms with Crippen molar-refractivity contribution >= 4 is 11.9 Å². The van der Waals surface area contributed by atoms with Crippen LogP contribution in [0.25, 0.3) is 0 Å². The Morgan fingerprint density at radius 2 is 2.04 bits per heavy atom. The number of hydrogen-bond acceptors (Lipinski definition) is 6. The molecule has 1 fully saturated rings. The predicted octanol–water partition coefficient (Wildman–Crippen LogP) is 1.17. The lowest BCUT2D eigenvalue weighted by Gasteiger charge is -2.32. The minimum atomic E-state index is -0.487. The number of pyridine rings is 1. The van der Waals surface area contributed by atoms with Gasteiger partial charge in [0.2, 0.25) is 11.9 Å². The van der Waals surface area contributed by atoms with E-state index in [1.807, 2.05) is 19.9 Å². The number of primary amides is 1. The van der Waals surface area contributed by atoms with E-state index in [0.717, 1.165) is 23.6 Å². The van der Waals surface area contributed by atoms with E-state index in [2.05, 4.69) is 19.9 Å². The molecule has 2 N–H and O–H groups in total. The van der Waals surface area contributed by atoms with Crippen LogP contribution >= 0.6 is 0 Å². The molecule has 23 heavy (non-hydrogen) atoms. The van der Waals surface area contributed by atoms with E-state index in [9.17, 15) is 4.79 Å². The van der Waals surface area contributed by atoms with Gasteiger partial charge in [-0.3, -0.25) is 9.78 Å². The first-order chi connectivity index (χ1) is 11.0. The first-order valence-corrected chi connectivity index (χ1v) is 7.47. The fourth-order valence-corrected chi connectivity index (χ4v) is 2.60. The Kier molecular flexibility index (Phi) is 4.20. The van der Waals surface area contributed by atoms with Crippen LogP contribution in [0.4, 0.5) is 5.95 Å². The second-order valence-corrected chi connectivity index (χ2v) is 5.59. The van der Waals surface area contributed by atoms with Gasteiger partial charge in [-0.2, -0.15) is 0 Å². The number of amides is 1. The molecule has 3 rings (SSSR count). The van der Waals surface area contributed by atoms with Crippen molar-refractivity contribution in [1.82, 2.24) is 15.0 Å². The van der Waals surface area contributed by atoms with E-state index >= 15 is 0 Å². The first-order valence-electron chi connectivity index (χ1n) is 7.47. The molecule has 0 unspecified atom stereocenters. The van der Waals surface area contributed by atoms with Crippen molar-refractivity contribution in [3.8, 4) is 0 Å². The third-order valence-corrected chi connectivity index (χ3v) is 3.72. The number of carbonyl (C=O) groups is 1. The third-order valence-electron chi connectivity index (χ3n) is 3.72. The Morgan fingerprint density at radius 3 is 2.65 bits per heavy atom. The fraction of sp³-hybridized carbons (Fsp3) is 0.375. The molecule has 0 aromatic carbocycles. The van der Waals surface area contributed by atoms with Gasteiger partial charge in [0, 0.05) is 24.1 Å². The molecule has 7 nitrogen and oxygen atoms in total. The fourth-order valence-electron chi connectivity index (χ4n) is 2.60. The Balaban J connectivity index is 1.78. The molecule has 0 bridgehead atoms. The van der Waals surface area contributed by atoms with Crippen molar-refractivity contribution in [2.45, 2.75) is 20.0 Å². The SMILES string of the molecule is Cc1cc(C)nc(N2CCO[C@@H](c3ccc(C(N)=O)cn3)C2)n1. The number of rotatable bonds is 3. The number of nitrogens with two attached hydrogens (primary N) is 1. The van der Waals surface area contributed by atoms with E-state index in [1.165, 1.54) is 6.20 Å². The van der Waals surface area contributed by atoms with Crippen molar-refractivity contribution in [1.29, 1.82) is 0 Å². The van der Waals surface area contributed by atoms with Crippen molar-refractivity contribution in [2.75, 3.05) is 24.6 Å². The van der Waals surface area contributed by atoms with E-state index in [0.29, 0.717) is 24.7 Å². The van der Waals surface area contributed by atoms with E-state index in [4.69, 9.17) is 10.5 Å². The van der Waals surface area contributed by atoms with Gasteiger partial charge in [0.05, 0.1) is 24.4 Å². The minimum absolute atomic E-state index is 0.185. The summed E-state index contributed by atoms with van der Waals surface area (Å²) < 4.78 is 5.80. The standard InChI is InChI=1S/C16H19N5O2/c1-10-7-11(2)20-16(19-10)21-5-6-23-14(9-21)13-4-3-12(8-18-13)15(17)22/h3-4,7-8,14H,5-6,9H2,1-2H3,(H2,17,22)/t14-/m1/s1. The Hall–Kier alpha value is -2.54. The van der Waals surface area contributed by atoms with Crippen LogP contribution in [0, 0.1) is 13.8 Å². The summed E-state index contributed by atoms with van der Waals surface area (Å²) in [6, 6.07) is 5.39. The molecule has 0 spiro atoms. The van der Waals surface area contributed by atoms with Crippen LogP contribution < -0.4 is 10.6 Å². The average Bonchev–Trinajstić information content (AvgIpc) is 2.54. The topological polar surface area (TPSA) is 94.2 Å². The van der Waals surface area contributed by atoms with E-state index in [1.54, 1.807) is 12.1 Å². The quantitative estimate of drug-likeness (QED) is 0.914. The molecular weight excluding hydrogens is 294 g/mol. The highest BCUT2D eigenvalue weighted by molar-refractivity contribution is 5.92. The maximum absolute atomic E-state index is 11.1. The largest absolute Gasteiger partial charge is 0.368 e. The van der Waals surface area contributed by atoms with Gasteiger partial charge in [0.15, 0.2) is 0 Å². The molecular formula is C16H19N5O2. The lowest BCUT2D eigenvalue weighted by Crippen LogP contribution is -2.39. The van der Waals surface area contributed by atoms with Gasteiger partial charge in [-0.25, -0.2) is 9.97 Å². The van der Waals surface area contributed by atoms with Crippen molar-refractivity contribution in [3.63, 3.8) is 0 Å². The van der Waals surface area contributed by atoms with Gasteiger partial charge in [-0.1, -0.05) is 0 Å². The molecule has 2 aromatic heterocycles. The summed E-state index contributed by atoms with van der Waals surface area (Å²) in [6.07, 6.45) is 1.29. The average molecular weight is 313 g/mol. The number of hydrogen-bond donors (Lipinski definition) is 1. The monoisotopic (exact) mass is 313 g/mol. The molecule has 1 atom stereocenters. The van der Waals surface area contributed by atoms with Crippen LogP contribution in [0.1, 0.15) is 33.5 Å². The van der Waals surface area contributed by atoms with Crippen LogP contribution in [0.2, 0.25) is 0 Å². The maximum Gasteiger partial charge on any atom is 0.250 e. The number of ether oxygens (including phenoxy) is 1. The summed E-state index contributed by atoms with van der Waals surface area (Å²) in [5, 5.41) is 0. The normalized spacial score (nSPS) is 18.0. The summed E-state index contributed by atoms with van der Waals surface area (Å²) in [4.78, 5) is 26.5. The Labute approximate surface area is 134 Å². The maximum atomic E-state index is 11.1. The molecule has 0 radical (unpaired) electrons. The zero-order chi connectivity index (χ0) is 16.4.